The Kier molecular flexibility index (Phi) is 9.80. The first-order chi connectivity index (χ1) is 9.17. The Morgan fingerprint density at radius 3 is 2.80 bits per heavy atom. The van der Waals surface area contributed by atoms with E-state index in [0.717, 1.165) is 6.42 Å². The van der Waals surface area contributed by atoms with Crippen LogP contribution in [0.5, 0.6) is 5.75 Å². The fourth-order valence-corrected chi connectivity index (χ4v) is 1.49. The highest BCUT2D eigenvalue weighted by Crippen LogP contribution is 2.13. The minimum Gasteiger partial charge on any atom is -0.493 e. The Balaban J connectivity index is 0.00000361. The zero-order valence-corrected chi connectivity index (χ0v) is 12.7. The number of hydrogen-bond acceptors (Lipinski definition) is 4. The molecule has 0 fully saturated rings. The maximum atomic E-state index is 11.9. The van der Waals surface area contributed by atoms with Crippen LogP contribution in [0.4, 0.5) is 0 Å². The van der Waals surface area contributed by atoms with E-state index in [0.29, 0.717) is 31.1 Å². The van der Waals surface area contributed by atoms with Crippen molar-refractivity contribution in [3.8, 4) is 5.75 Å². The number of nitrogens with two attached hydrogens (primary N) is 1. The zero-order chi connectivity index (χ0) is 14.1. The van der Waals surface area contributed by atoms with Crippen molar-refractivity contribution in [1.29, 1.82) is 0 Å². The van der Waals surface area contributed by atoms with E-state index in [4.69, 9.17) is 15.2 Å². The Bertz CT molecular complexity index is 402. The maximum Gasteiger partial charge on any atom is 0.251 e. The fraction of sp³-hybridized carbons (Fsp3) is 0.500. The summed E-state index contributed by atoms with van der Waals surface area (Å²) in [5.74, 6) is 0.546. The van der Waals surface area contributed by atoms with Gasteiger partial charge in [0.05, 0.1) is 6.61 Å². The molecule has 0 spiro atoms. The Hall–Kier alpha value is -1.30. The summed E-state index contributed by atoms with van der Waals surface area (Å²) in [4.78, 5) is 11.9. The average molecular weight is 303 g/mol. The van der Waals surface area contributed by atoms with Crippen LogP contribution in [0.3, 0.4) is 0 Å². The number of carbonyl (C=O) groups excluding carboxylic acids is 1. The lowest BCUT2D eigenvalue weighted by Gasteiger charge is -2.12. The fourth-order valence-electron chi connectivity index (χ4n) is 1.49. The first kappa shape index (κ1) is 18.7. The molecule has 6 heteroatoms. The van der Waals surface area contributed by atoms with Crippen LogP contribution in [0.15, 0.2) is 24.3 Å². The summed E-state index contributed by atoms with van der Waals surface area (Å²) in [7, 11) is 1.66. The molecular weight excluding hydrogens is 280 g/mol. The first-order valence-corrected chi connectivity index (χ1v) is 6.40. The molecule has 0 aliphatic heterocycles. The molecule has 0 saturated carbocycles. The van der Waals surface area contributed by atoms with Crippen molar-refractivity contribution in [3.05, 3.63) is 29.8 Å². The van der Waals surface area contributed by atoms with Crippen LogP contribution < -0.4 is 15.8 Å². The van der Waals surface area contributed by atoms with E-state index in [2.05, 4.69) is 5.32 Å². The summed E-state index contributed by atoms with van der Waals surface area (Å²) in [5, 5.41) is 2.81. The van der Waals surface area contributed by atoms with Gasteiger partial charge in [-0.25, -0.2) is 0 Å². The predicted molar refractivity (Wildman–Crippen MR) is 81.7 cm³/mol. The van der Waals surface area contributed by atoms with E-state index < -0.39 is 0 Å². The molecule has 0 aliphatic carbocycles. The topological polar surface area (TPSA) is 73.6 Å². The number of carbonyl (C=O) groups is 1. The van der Waals surface area contributed by atoms with Crippen molar-refractivity contribution in [2.75, 3.05) is 26.9 Å². The van der Waals surface area contributed by atoms with Gasteiger partial charge >= 0.3 is 0 Å². The Morgan fingerprint density at radius 2 is 2.15 bits per heavy atom. The number of amides is 1. The summed E-state index contributed by atoms with van der Waals surface area (Å²) in [6, 6.07) is 7.06. The van der Waals surface area contributed by atoms with Gasteiger partial charge in [-0.3, -0.25) is 4.79 Å². The van der Waals surface area contributed by atoms with Crippen molar-refractivity contribution in [2.24, 2.45) is 5.73 Å². The van der Waals surface area contributed by atoms with E-state index >= 15 is 0 Å². The third kappa shape index (κ3) is 6.75. The second-order valence-corrected chi connectivity index (χ2v) is 4.33. The summed E-state index contributed by atoms with van der Waals surface area (Å²) in [5.41, 5.74) is 6.04. The van der Waals surface area contributed by atoms with Crippen LogP contribution >= 0.6 is 12.4 Å². The van der Waals surface area contributed by atoms with Gasteiger partial charge in [-0.1, -0.05) is 6.07 Å². The van der Waals surface area contributed by atoms with E-state index in [1.807, 2.05) is 13.0 Å². The highest BCUT2D eigenvalue weighted by Gasteiger charge is 2.09. The molecule has 0 bridgehead atoms. The molecule has 0 radical (unpaired) electrons. The number of nitrogens with one attached hydrogen (secondary N) is 1. The summed E-state index contributed by atoms with van der Waals surface area (Å²) in [6.45, 7) is 3.51. The quantitative estimate of drug-likeness (QED) is 0.715. The highest BCUT2D eigenvalue weighted by molar-refractivity contribution is 5.94. The lowest BCUT2D eigenvalue weighted by atomic mass is 10.2. The summed E-state index contributed by atoms with van der Waals surface area (Å²) < 4.78 is 10.5. The number of hydrogen-bond donors (Lipinski definition) is 2. The first-order valence-electron chi connectivity index (χ1n) is 6.40. The number of methoxy groups -OCH3 is 1. The van der Waals surface area contributed by atoms with Gasteiger partial charge in [0.25, 0.3) is 5.91 Å². The van der Waals surface area contributed by atoms with Gasteiger partial charge in [0.1, 0.15) is 5.75 Å². The molecule has 5 nitrogen and oxygen atoms in total. The molecule has 0 saturated heterocycles. The molecule has 3 N–H and O–H groups in total. The van der Waals surface area contributed by atoms with E-state index in [1.54, 1.807) is 25.3 Å². The van der Waals surface area contributed by atoms with E-state index in [-0.39, 0.29) is 24.4 Å². The molecule has 20 heavy (non-hydrogen) atoms. The summed E-state index contributed by atoms with van der Waals surface area (Å²) >= 11 is 0. The smallest absolute Gasteiger partial charge is 0.251 e. The van der Waals surface area contributed by atoms with Crippen LogP contribution in [0.25, 0.3) is 0 Å². The van der Waals surface area contributed by atoms with Crippen LogP contribution in [0, 0.1) is 0 Å². The molecule has 0 aliphatic rings. The lowest BCUT2D eigenvalue weighted by Crippen LogP contribution is -2.37. The predicted octanol–water partition coefficient (Wildman–Crippen LogP) is 1.60. The molecule has 114 valence electrons. The molecule has 1 amide bonds. The van der Waals surface area contributed by atoms with E-state index in [9.17, 15) is 4.79 Å². The molecule has 0 aromatic heterocycles. The van der Waals surface area contributed by atoms with Crippen molar-refractivity contribution in [2.45, 2.75) is 19.4 Å². The van der Waals surface area contributed by atoms with Crippen LogP contribution in [0.2, 0.25) is 0 Å². The van der Waals surface area contributed by atoms with Crippen molar-refractivity contribution < 1.29 is 14.3 Å². The molecule has 1 atom stereocenters. The molecule has 1 aromatic rings. The molecule has 1 aromatic carbocycles. The van der Waals surface area contributed by atoms with Crippen LogP contribution in [-0.2, 0) is 4.74 Å². The van der Waals surface area contributed by atoms with Gasteiger partial charge in [-0.15, -0.1) is 12.4 Å². The van der Waals surface area contributed by atoms with Crippen molar-refractivity contribution in [1.82, 2.24) is 5.32 Å². The van der Waals surface area contributed by atoms with Gasteiger partial charge in [-0.2, -0.15) is 0 Å². The molecular formula is C14H23ClN2O3. The zero-order valence-electron chi connectivity index (χ0n) is 11.9. The molecule has 1 rings (SSSR count). The second-order valence-electron chi connectivity index (χ2n) is 4.33. The number of rotatable bonds is 8. The highest BCUT2D eigenvalue weighted by atomic mass is 35.5. The van der Waals surface area contributed by atoms with Gasteiger partial charge in [0.15, 0.2) is 0 Å². The monoisotopic (exact) mass is 302 g/mol. The van der Waals surface area contributed by atoms with Gasteiger partial charge in [0.2, 0.25) is 0 Å². The second kappa shape index (κ2) is 10.5. The third-order valence-electron chi connectivity index (χ3n) is 2.59. The minimum absolute atomic E-state index is 0. The van der Waals surface area contributed by atoms with Gasteiger partial charge in [0, 0.05) is 38.3 Å². The van der Waals surface area contributed by atoms with Crippen molar-refractivity contribution in [3.63, 3.8) is 0 Å². The Morgan fingerprint density at radius 1 is 1.40 bits per heavy atom. The Labute approximate surface area is 126 Å². The molecule has 0 heterocycles. The molecule has 0 unspecified atom stereocenters. The SMILES string of the molecule is COCCCOc1cccc(C(=O)N[C@@H](C)CN)c1.Cl. The van der Waals surface area contributed by atoms with E-state index in [1.165, 1.54) is 0 Å². The normalized spacial score (nSPS) is 11.3. The largest absolute Gasteiger partial charge is 0.493 e. The standard InChI is InChI=1S/C14H22N2O3.ClH/c1-11(10-15)16-14(17)12-5-3-6-13(9-12)19-8-4-7-18-2;/h3,5-6,9,11H,4,7-8,10,15H2,1-2H3,(H,16,17);1H/t11-;/m0./s1. The van der Waals surface area contributed by atoms with Crippen molar-refractivity contribution >= 4 is 18.3 Å². The van der Waals surface area contributed by atoms with Crippen LogP contribution in [-0.4, -0.2) is 38.8 Å². The van der Waals surface area contributed by atoms with Crippen LogP contribution in [0.1, 0.15) is 23.7 Å². The lowest BCUT2D eigenvalue weighted by molar-refractivity contribution is 0.0940. The minimum atomic E-state index is -0.139. The maximum absolute atomic E-state index is 11.9. The summed E-state index contributed by atoms with van der Waals surface area (Å²) in [6.07, 6.45) is 0.817. The number of ether oxygens (including phenoxy) is 2. The van der Waals surface area contributed by atoms with Gasteiger partial charge in [-0.05, 0) is 25.1 Å². The number of halogens is 1. The van der Waals surface area contributed by atoms with Gasteiger partial charge < -0.3 is 20.5 Å². The number of benzene rings is 1. The average Bonchev–Trinajstić information content (AvgIpc) is 2.43. The third-order valence-corrected chi connectivity index (χ3v) is 2.59.